The van der Waals surface area contributed by atoms with Crippen LogP contribution in [-0.2, 0) is 9.59 Å². The topological polar surface area (TPSA) is 58.2 Å². The Kier molecular flexibility index (Phi) is 5.10. The van der Waals surface area contributed by atoms with Gasteiger partial charge in [-0.15, -0.1) is 0 Å². The normalized spacial score (nSPS) is 19.0. The van der Waals surface area contributed by atoms with Gasteiger partial charge in [0.2, 0.25) is 0 Å². The summed E-state index contributed by atoms with van der Waals surface area (Å²) in [5.74, 6) is -0.373. The third-order valence-corrected chi connectivity index (χ3v) is 5.79. The van der Waals surface area contributed by atoms with E-state index >= 15 is 0 Å². The molecule has 29 heavy (non-hydrogen) atoms. The average molecular weight is 386 g/mol. The Morgan fingerprint density at radius 1 is 1.03 bits per heavy atom. The summed E-state index contributed by atoms with van der Waals surface area (Å²) < 4.78 is 0. The number of anilines is 1. The molecule has 0 spiro atoms. The number of carbonyl (C=O) groups excluding carboxylic acids is 2. The third-order valence-electron chi connectivity index (χ3n) is 5.79. The molecule has 148 valence electrons. The number of hydrogen-bond donors (Lipinski definition) is 2. The van der Waals surface area contributed by atoms with Crippen molar-refractivity contribution >= 4 is 17.4 Å². The van der Waals surface area contributed by atoms with Crippen LogP contribution in [0.2, 0.25) is 0 Å². The molecule has 0 fully saturated rings. The molecule has 2 aliphatic rings. The number of hydrogen-bond acceptors (Lipinski definition) is 3. The van der Waals surface area contributed by atoms with E-state index in [1.54, 1.807) is 0 Å². The summed E-state index contributed by atoms with van der Waals surface area (Å²) in [5.41, 5.74) is 7.05. The Balaban J connectivity index is 1.81. The molecule has 0 bridgehead atoms. The Morgan fingerprint density at radius 3 is 2.59 bits per heavy atom. The lowest BCUT2D eigenvalue weighted by Crippen LogP contribution is -2.35. The van der Waals surface area contributed by atoms with Crippen molar-refractivity contribution in [3.8, 4) is 0 Å². The van der Waals surface area contributed by atoms with E-state index in [1.165, 1.54) is 0 Å². The Morgan fingerprint density at radius 2 is 1.83 bits per heavy atom. The molecule has 1 aliphatic carbocycles. The van der Waals surface area contributed by atoms with E-state index in [0.29, 0.717) is 12.0 Å². The maximum atomic E-state index is 13.4. The van der Waals surface area contributed by atoms with Crippen molar-refractivity contribution < 1.29 is 9.59 Å². The summed E-state index contributed by atoms with van der Waals surface area (Å²) in [6.07, 6.45) is 2.23. The van der Waals surface area contributed by atoms with E-state index in [-0.39, 0.29) is 17.6 Å². The predicted octanol–water partition coefficient (Wildman–Crippen LogP) is 4.91. The molecule has 0 unspecified atom stereocenters. The van der Waals surface area contributed by atoms with Crippen molar-refractivity contribution in [2.24, 2.45) is 0 Å². The summed E-state index contributed by atoms with van der Waals surface area (Å²) in [4.78, 5) is 26.4. The summed E-state index contributed by atoms with van der Waals surface area (Å²) in [7, 11) is 0. The van der Waals surface area contributed by atoms with Gasteiger partial charge in [-0.25, -0.2) is 0 Å². The number of aryl methyl sites for hydroxylation is 2. The van der Waals surface area contributed by atoms with Gasteiger partial charge in [0.1, 0.15) is 0 Å². The van der Waals surface area contributed by atoms with Crippen LogP contribution in [0.3, 0.4) is 0 Å². The highest BCUT2D eigenvalue weighted by atomic mass is 16.2. The van der Waals surface area contributed by atoms with Crippen LogP contribution < -0.4 is 10.6 Å². The van der Waals surface area contributed by atoms with Gasteiger partial charge in [0.25, 0.3) is 5.91 Å². The molecule has 1 amide bonds. The van der Waals surface area contributed by atoms with Crippen LogP contribution in [-0.4, -0.2) is 11.7 Å². The van der Waals surface area contributed by atoms with Crippen molar-refractivity contribution in [3.63, 3.8) is 0 Å². The van der Waals surface area contributed by atoms with Crippen molar-refractivity contribution in [3.05, 3.63) is 87.8 Å². The van der Waals surface area contributed by atoms with E-state index in [9.17, 15) is 9.59 Å². The van der Waals surface area contributed by atoms with Gasteiger partial charge < -0.3 is 10.6 Å². The molecule has 4 nitrogen and oxygen atoms in total. The van der Waals surface area contributed by atoms with Gasteiger partial charge in [0, 0.05) is 40.6 Å². The number of Topliss-reactive ketones (excluding diaryl/α,β-unsaturated/α-hetero) is 1. The van der Waals surface area contributed by atoms with Crippen LogP contribution in [0.15, 0.2) is 71.1 Å². The van der Waals surface area contributed by atoms with Crippen LogP contribution in [0.4, 0.5) is 5.69 Å². The molecule has 4 rings (SSSR count). The third kappa shape index (κ3) is 3.63. The minimum atomic E-state index is -0.344. The maximum Gasteiger partial charge on any atom is 0.254 e. The van der Waals surface area contributed by atoms with Crippen LogP contribution in [0.25, 0.3) is 0 Å². The highest BCUT2D eigenvalue weighted by molar-refractivity contribution is 6.10. The second kappa shape index (κ2) is 7.70. The Bertz CT molecular complexity index is 1060. The molecule has 2 aromatic rings. The molecule has 0 aromatic heterocycles. The van der Waals surface area contributed by atoms with Crippen LogP contribution in [0, 0.1) is 13.8 Å². The molecule has 4 heteroatoms. The number of amides is 1. The molecule has 0 saturated heterocycles. The monoisotopic (exact) mass is 386 g/mol. The summed E-state index contributed by atoms with van der Waals surface area (Å²) >= 11 is 0. The number of dihydropyridines is 1. The largest absolute Gasteiger partial charge is 0.362 e. The SMILES string of the molecule is CC1=C(C(=O)Nc2ccccc2C)[C@@H](c2cccc(C)c2)C2=C(CCCC2=O)N1. The first-order valence-corrected chi connectivity index (χ1v) is 10.1. The van der Waals surface area contributed by atoms with Gasteiger partial charge in [0.15, 0.2) is 5.78 Å². The van der Waals surface area contributed by atoms with E-state index in [1.807, 2.05) is 63.2 Å². The standard InChI is InChI=1S/C25H26N2O2/c1-15-8-6-10-18(14-15)23-22(25(29)27-19-11-5-4-9-16(19)2)17(3)26-20-12-7-13-21(28)24(20)23/h4-6,8-11,14,23,26H,7,12-13H2,1-3H3,(H,27,29)/t23-/m1/s1. The molecular formula is C25H26N2O2. The second-order valence-electron chi connectivity index (χ2n) is 7.95. The highest BCUT2D eigenvalue weighted by Crippen LogP contribution is 2.42. The second-order valence-corrected chi connectivity index (χ2v) is 7.95. The zero-order valence-corrected chi connectivity index (χ0v) is 17.1. The fourth-order valence-electron chi connectivity index (χ4n) is 4.37. The summed E-state index contributed by atoms with van der Waals surface area (Å²) in [5, 5.41) is 6.44. The minimum absolute atomic E-state index is 0.138. The van der Waals surface area contributed by atoms with Crippen molar-refractivity contribution in [1.82, 2.24) is 5.32 Å². The number of benzene rings is 2. The number of nitrogens with one attached hydrogen (secondary N) is 2. The molecule has 1 aliphatic heterocycles. The van der Waals surface area contributed by atoms with E-state index in [0.717, 1.165) is 52.2 Å². The molecule has 2 N–H and O–H groups in total. The number of rotatable bonds is 3. The number of ketones is 1. The van der Waals surface area contributed by atoms with Gasteiger partial charge in [-0.1, -0.05) is 48.0 Å². The van der Waals surface area contributed by atoms with Gasteiger partial charge in [-0.05, 0) is 50.8 Å². The van der Waals surface area contributed by atoms with Crippen LogP contribution >= 0.6 is 0 Å². The van der Waals surface area contributed by atoms with Crippen LogP contribution in [0.1, 0.15) is 48.8 Å². The fraction of sp³-hybridized carbons (Fsp3) is 0.280. The quantitative estimate of drug-likeness (QED) is 0.788. The van der Waals surface area contributed by atoms with Crippen molar-refractivity contribution in [2.45, 2.75) is 46.0 Å². The lowest BCUT2D eigenvalue weighted by Gasteiger charge is -2.34. The first-order valence-electron chi connectivity index (χ1n) is 10.1. The smallest absolute Gasteiger partial charge is 0.254 e. The minimum Gasteiger partial charge on any atom is -0.362 e. The first kappa shape index (κ1) is 19.2. The lowest BCUT2D eigenvalue weighted by molar-refractivity contribution is -0.116. The molecule has 1 atom stereocenters. The van der Waals surface area contributed by atoms with E-state index in [2.05, 4.69) is 16.7 Å². The Labute approximate surface area is 171 Å². The predicted molar refractivity (Wildman–Crippen MR) is 115 cm³/mol. The molecule has 1 heterocycles. The zero-order valence-electron chi connectivity index (χ0n) is 17.1. The summed E-state index contributed by atoms with van der Waals surface area (Å²) in [6.45, 7) is 5.93. The van der Waals surface area contributed by atoms with E-state index < -0.39 is 0 Å². The first-order chi connectivity index (χ1) is 14.0. The zero-order chi connectivity index (χ0) is 20.5. The van der Waals surface area contributed by atoms with Crippen molar-refractivity contribution in [2.75, 3.05) is 5.32 Å². The van der Waals surface area contributed by atoms with Gasteiger partial charge in [-0.2, -0.15) is 0 Å². The van der Waals surface area contributed by atoms with Gasteiger partial charge in [-0.3, -0.25) is 9.59 Å². The van der Waals surface area contributed by atoms with Gasteiger partial charge in [0.05, 0.1) is 0 Å². The number of allylic oxidation sites excluding steroid dienone is 3. The van der Waals surface area contributed by atoms with Crippen molar-refractivity contribution in [1.29, 1.82) is 0 Å². The number of carbonyl (C=O) groups is 2. The highest BCUT2D eigenvalue weighted by Gasteiger charge is 2.38. The molecule has 0 saturated carbocycles. The Hall–Kier alpha value is -3.14. The van der Waals surface area contributed by atoms with Crippen LogP contribution in [0.5, 0.6) is 0 Å². The maximum absolute atomic E-state index is 13.4. The fourth-order valence-corrected chi connectivity index (χ4v) is 4.37. The lowest BCUT2D eigenvalue weighted by atomic mass is 9.75. The summed E-state index contributed by atoms with van der Waals surface area (Å²) in [6, 6.07) is 15.9. The average Bonchev–Trinajstić information content (AvgIpc) is 2.69. The molecular weight excluding hydrogens is 360 g/mol. The molecule has 2 aromatic carbocycles. The van der Waals surface area contributed by atoms with Gasteiger partial charge >= 0.3 is 0 Å². The molecule has 0 radical (unpaired) electrons. The number of para-hydroxylation sites is 1. The van der Waals surface area contributed by atoms with E-state index in [4.69, 9.17) is 0 Å².